The lowest BCUT2D eigenvalue weighted by atomic mass is 10.1. The van der Waals surface area contributed by atoms with Crippen LogP contribution in [0.4, 0.5) is 4.39 Å². The van der Waals surface area contributed by atoms with E-state index in [4.69, 9.17) is 0 Å². The van der Waals surface area contributed by atoms with Crippen LogP contribution in [0.5, 0.6) is 0 Å². The Labute approximate surface area is 105 Å². The fraction of sp³-hybridized carbons (Fsp3) is 0.385. The van der Waals surface area contributed by atoms with Gasteiger partial charge in [0, 0.05) is 20.1 Å². The number of hydrogen-bond acceptors (Lipinski definition) is 2. The van der Waals surface area contributed by atoms with Gasteiger partial charge in [-0.05, 0) is 17.7 Å². The highest BCUT2D eigenvalue weighted by atomic mass is 19.1. The summed E-state index contributed by atoms with van der Waals surface area (Å²) in [6, 6.07) is 5.97. The van der Waals surface area contributed by atoms with E-state index in [1.165, 1.54) is 17.0 Å². The van der Waals surface area contributed by atoms with Gasteiger partial charge in [0.1, 0.15) is 5.82 Å². The van der Waals surface area contributed by atoms with Crippen molar-refractivity contribution in [3.63, 3.8) is 0 Å². The van der Waals surface area contributed by atoms with E-state index < -0.39 is 0 Å². The Hall–Kier alpha value is -1.91. The van der Waals surface area contributed by atoms with Gasteiger partial charge in [-0.2, -0.15) is 0 Å². The fourth-order valence-electron chi connectivity index (χ4n) is 1.90. The summed E-state index contributed by atoms with van der Waals surface area (Å²) < 4.78 is 13.0. The van der Waals surface area contributed by atoms with Crippen molar-refractivity contribution in [2.75, 3.05) is 26.7 Å². The van der Waals surface area contributed by atoms with Crippen LogP contribution in [0.15, 0.2) is 24.3 Å². The molecule has 1 fully saturated rings. The number of carbonyl (C=O) groups excluding carboxylic acids is 2. The van der Waals surface area contributed by atoms with E-state index in [1.54, 1.807) is 24.1 Å². The minimum absolute atomic E-state index is 0.0613. The summed E-state index contributed by atoms with van der Waals surface area (Å²) in [6.07, 6.45) is 0.134. The van der Waals surface area contributed by atoms with Gasteiger partial charge in [-0.25, -0.2) is 4.39 Å². The summed E-state index contributed by atoms with van der Waals surface area (Å²) >= 11 is 0. The van der Waals surface area contributed by atoms with Gasteiger partial charge >= 0.3 is 0 Å². The first-order chi connectivity index (χ1) is 8.56. The SMILES string of the molecule is CN1CCN(C(=O)Cc2cccc(F)c2)CC1=O. The smallest absolute Gasteiger partial charge is 0.241 e. The van der Waals surface area contributed by atoms with Crippen LogP contribution >= 0.6 is 0 Å². The standard InChI is InChI=1S/C13H15FN2O2/c1-15-5-6-16(9-13(15)18)12(17)8-10-3-2-4-11(14)7-10/h2-4,7H,5-6,8-9H2,1H3. The zero-order chi connectivity index (χ0) is 13.1. The summed E-state index contributed by atoms with van der Waals surface area (Å²) in [4.78, 5) is 26.6. The number of carbonyl (C=O) groups is 2. The van der Waals surface area contributed by atoms with E-state index in [-0.39, 0.29) is 30.6 Å². The summed E-state index contributed by atoms with van der Waals surface area (Å²) in [5.74, 6) is -0.550. The predicted octanol–water partition coefficient (Wildman–Crippen LogP) is 0.669. The molecule has 1 aromatic carbocycles. The number of benzene rings is 1. The van der Waals surface area contributed by atoms with Crippen molar-refractivity contribution in [3.05, 3.63) is 35.6 Å². The molecule has 0 radical (unpaired) electrons. The molecule has 1 aromatic rings. The lowest BCUT2D eigenvalue weighted by molar-refractivity contribution is -0.143. The monoisotopic (exact) mass is 250 g/mol. The molecule has 0 aliphatic carbocycles. The zero-order valence-corrected chi connectivity index (χ0v) is 10.2. The van der Waals surface area contributed by atoms with Gasteiger partial charge in [0.25, 0.3) is 0 Å². The molecule has 0 unspecified atom stereocenters. The lowest BCUT2D eigenvalue weighted by Crippen LogP contribution is -2.51. The third-order valence-electron chi connectivity index (χ3n) is 3.05. The highest BCUT2D eigenvalue weighted by Gasteiger charge is 2.24. The Morgan fingerprint density at radius 3 is 2.83 bits per heavy atom. The van der Waals surface area contributed by atoms with Gasteiger partial charge in [0.05, 0.1) is 13.0 Å². The molecule has 2 rings (SSSR count). The van der Waals surface area contributed by atoms with Crippen LogP contribution in [0.3, 0.4) is 0 Å². The highest BCUT2D eigenvalue weighted by Crippen LogP contribution is 2.08. The average molecular weight is 250 g/mol. The second-order valence-electron chi connectivity index (χ2n) is 4.44. The molecule has 4 nitrogen and oxygen atoms in total. The summed E-state index contributed by atoms with van der Waals surface area (Å²) in [7, 11) is 1.72. The molecule has 0 N–H and O–H groups in total. The quantitative estimate of drug-likeness (QED) is 0.774. The van der Waals surface area contributed by atoms with Crippen molar-refractivity contribution in [3.8, 4) is 0 Å². The molecule has 2 amide bonds. The second kappa shape index (κ2) is 5.16. The molecular weight excluding hydrogens is 235 g/mol. The van der Waals surface area contributed by atoms with Crippen molar-refractivity contribution in [1.29, 1.82) is 0 Å². The minimum Gasteiger partial charge on any atom is -0.342 e. The molecule has 5 heteroatoms. The van der Waals surface area contributed by atoms with E-state index in [0.29, 0.717) is 18.7 Å². The van der Waals surface area contributed by atoms with E-state index in [2.05, 4.69) is 0 Å². The van der Waals surface area contributed by atoms with Crippen LogP contribution in [0.1, 0.15) is 5.56 Å². The van der Waals surface area contributed by atoms with E-state index in [0.717, 1.165) is 0 Å². The number of piperazine rings is 1. The number of amides is 2. The largest absolute Gasteiger partial charge is 0.342 e. The molecule has 1 heterocycles. The number of nitrogens with zero attached hydrogens (tertiary/aromatic N) is 2. The molecule has 1 aliphatic heterocycles. The van der Waals surface area contributed by atoms with Gasteiger partial charge in [0.2, 0.25) is 11.8 Å². The van der Waals surface area contributed by atoms with Gasteiger partial charge in [-0.1, -0.05) is 12.1 Å². The van der Waals surface area contributed by atoms with Gasteiger partial charge in [-0.3, -0.25) is 9.59 Å². The Morgan fingerprint density at radius 2 is 2.17 bits per heavy atom. The van der Waals surface area contributed by atoms with Gasteiger partial charge < -0.3 is 9.80 Å². The van der Waals surface area contributed by atoms with E-state index in [1.807, 2.05) is 0 Å². The molecule has 1 aliphatic rings. The number of rotatable bonds is 2. The van der Waals surface area contributed by atoms with Crippen LogP contribution in [-0.2, 0) is 16.0 Å². The first-order valence-electron chi connectivity index (χ1n) is 5.82. The number of halogens is 1. The molecule has 0 spiro atoms. The Balaban J connectivity index is 1.98. The molecule has 0 atom stereocenters. The second-order valence-corrected chi connectivity index (χ2v) is 4.44. The first kappa shape index (κ1) is 12.5. The number of likely N-dealkylation sites (N-methyl/N-ethyl adjacent to an activating group) is 1. The van der Waals surface area contributed by atoms with Crippen molar-refractivity contribution in [2.24, 2.45) is 0 Å². The Bertz CT molecular complexity index is 476. The van der Waals surface area contributed by atoms with Crippen molar-refractivity contribution < 1.29 is 14.0 Å². The normalized spacial score (nSPS) is 16.0. The third-order valence-corrected chi connectivity index (χ3v) is 3.05. The van der Waals surface area contributed by atoms with Crippen LogP contribution in [0, 0.1) is 5.82 Å². The Kier molecular flexibility index (Phi) is 3.60. The van der Waals surface area contributed by atoms with Crippen LogP contribution in [-0.4, -0.2) is 48.3 Å². The first-order valence-corrected chi connectivity index (χ1v) is 5.82. The molecule has 18 heavy (non-hydrogen) atoms. The molecule has 0 saturated carbocycles. The highest BCUT2D eigenvalue weighted by molar-refractivity contribution is 5.86. The van der Waals surface area contributed by atoms with Gasteiger partial charge in [-0.15, -0.1) is 0 Å². The predicted molar refractivity (Wildman–Crippen MR) is 64.3 cm³/mol. The maximum atomic E-state index is 13.0. The average Bonchev–Trinajstić information content (AvgIpc) is 2.32. The van der Waals surface area contributed by atoms with E-state index in [9.17, 15) is 14.0 Å². The maximum Gasteiger partial charge on any atom is 0.241 e. The number of hydrogen-bond donors (Lipinski definition) is 0. The van der Waals surface area contributed by atoms with Crippen molar-refractivity contribution in [2.45, 2.75) is 6.42 Å². The summed E-state index contributed by atoms with van der Waals surface area (Å²) in [5.41, 5.74) is 0.631. The topological polar surface area (TPSA) is 40.6 Å². The minimum atomic E-state index is -0.352. The molecule has 96 valence electrons. The Morgan fingerprint density at radius 1 is 1.39 bits per heavy atom. The molecule has 0 aromatic heterocycles. The van der Waals surface area contributed by atoms with Gasteiger partial charge in [0.15, 0.2) is 0 Å². The molecular formula is C13H15FN2O2. The van der Waals surface area contributed by atoms with Crippen molar-refractivity contribution in [1.82, 2.24) is 9.80 Å². The fourth-order valence-corrected chi connectivity index (χ4v) is 1.90. The summed E-state index contributed by atoms with van der Waals surface area (Å²) in [5, 5.41) is 0. The third kappa shape index (κ3) is 2.85. The summed E-state index contributed by atoms with van der Waals surface area (Å²) in [6.45, 7) is 1.20. The van der Waals surface area contributed by atoms with E-state index >= 15 is 0 Å². The zero-order valence-electron chi connectivity index (χ0n) is 10.2. The van der Waals surface area contributed by atoms with Crippen molar-refractivity contribution >= 4 is 11.8 Å². The maximum absolute atomic E-state index is 13.0. The molecule has 0 bridgehead atoms. The van der Waals surface area contributed by atoms with Crippen LogP contribution in [0.2, 0.25) is 0 Å². The van der Waals surface area contributed by atoms with Crippen LogP contribution in [0.25, 0.3) is 0 Å². The lowest BCUT2D eigenvalue weighted by Gasteiger charge is -2.32. The van der Waals surface area contributed by atoms with Crippen LogP contribution < -0.4 is 0 Å². The molecule has 1 saturated heterocycles.